The summed E-state index contributed by atoms with van der Waals surface area (Å²) in [6, 6.07) is 4.81. The molecule has 2 N–H and O–H groups in total. The fourth-order valence-corrected chi connectivity index (χ4v) is 2.44. The van der Waals surface area contributed by atoms with Gasteiger partial charge in [-0.1, -0.05) is 18.1 Å². The Morgan fingerprint density at radius 1 is 1.25 bits per heavy atom. The van der Waals surface area contributed by atoms with Gasteiger partial charge in [-0.15, -0.1) is 0 Å². The van der Waals surface area contributed by atoms with Crippen molar-refractivity contribution in [2.24, 2.45) is 0 Å². The maximum absolute atomic E-state index is 12.0. The molecule has 20 heavy (non-hydrogen) atoms. The fourth-order valence-electron chi connectivity index (χ4n) is 1.52. The first-order valence-corrected chi connectivity index (χ1v) is 7.64. The molecule has 2 heterocycles. The molecule has 0 amide bonds. The maximum Gasteiger partial charge on any atom is 0.258 e. The van der Waals surface area contributed by atoms with Gasteiger partial charge in [0.1, 0.15) is 6.26 Å². The third-order valence-electron chi connectivity index (χ3n) is 2.59. The lowest BCUT2D eigenvalue weighted by atomic mass is 10.3. The molecule has 0 aromatic carbocycles. The minimum absolute atomic E-state index is 0.0127. The number of sulfonamides is 1. The van der Waals surface area contributed by atoms with Crippen molar-refractivity contribution in [2.45, 2.75) is 25.0 Å². The molecule has 2 aromatic rings. The van der Waals surface area contributed by atoms with Crippen LogP contribution in [-0.2, 0) is 23.1 Å². The number of hydrogen-bond donors (Lipinski definition) is 2. The van der Waals surface area contributed by atoms with E-state index in [1.807, 2.05) is 6.92 Å². The topological polar surface area (TPSA) is 97.1 Å². The van der Waals surface area contributed by atoms with Crippen LogP contribution in [0, 0.1) is 0 Å². The summed E-state index contributed by atoms with van der Waals surface area (Å²) in [6.45, 7) is 3.58. The molecule has 0 aliphatic carbocycles. The molecule has 0 spiro atoms. The summed E-state index contributed by atoms with van der Waals surface area (Å²) in [4.78, 5) is 3.97. The largest absolute Gasteiger partial charge is 0.364 e. The highest BCUT2D eigenvalue weighted by molar-refractivity contribution is 7.89. The molecular formula is C12H16N4O3S. The molecule has 8 heteroatoms. The van der Waals surface area contributed by atoms with Crippen molar-refractivity contribution < 1.29 is 12.9 Å². The van der Waals surface area contributed by atoms with Gasteiger partial charge in [0.05, 0.1) is 12.2 Å². The summed E-state index contributed by atoms with van der Waals surface area (Å²) >= 11 is 0. The minimum Gasteiger partial charge on any atom is -0.364 e. The van der Waals surface area contributed by atoms with Crippen LogP contribution in [0.1, 0.15) is 18.2 Å². The van der Waals surface area contributed by atoms with Crippen molar-refractivity contribution in [2.75, 3.05) is 6.54 Å². The van der Waals surface area contributed by atoms with Crippen LogP contribution in [-0.4, -0.2) is 25.1 Å². The zero-order valence-electron chi connectivity index (χ0n) is 11.0. The molecule has 0 bridgehead atoms. The van der Waals surface area contributed by atoms with Crippen LogP contribution >= 0.6 is 0 Å². The molecule has 2 rings (SSSR count). The van der Waals surface area contributed by atoms with E-state index in [-0.39, 0.29) is 11.6 Å². The summed E-state index contributed by atoms with van der Waals surface area (Å²) in [5, 5.41) is 6.76. The predicted molar refractivity (Wildman–Crippen MR) is 72.1 cm³/mol. The number of hydrogen-bond acceptors (Lipinski definition) is 6. The van der Waals surface area contributed by atoms with Gasteiger partial charge in [-0.3, -0.25) is 0 Å². The molecule has 0 atom stereocenters. The Labute approximate surface area is 117 Å². The van der Waals surface area contributed by atoms with Crippen molar-refractivity contribution in [1.82, 2.24) is 20.2 Å². The summed E-state index contributed by atoms with van der Waals surface area (Å²) in [5.41, 5.74) is 1.44. The van der Waals surface area contributed by atoms with Crippen molar-refractivity contribution >= 4 is 10.0 Å². The Balaban J connectivity index is 2.01. The van der Waals surface area contributed by atoms with Crippen LogP contribution in [0.25, 0.3) is 0 Å². The van der Waals surface area contributed by atoms with E-state index >= 15 is 0 Å². The van der Waals surface area contributed by atoms with Gasteiger partial charge >= 0.3 is 0 Å². The average Bonchev–Trinajstić information content (AvgIpc) is 2.97. The molecule has 108 valence electrons. The summed E-state index contributed by atoms with van der Waals surface area (Å²) in [5.74, 6) is 0. The Hall–Kier alpha value is -1.77. The molecule has 0 fully saturated rings. The Kier molecular flexibility index (Phi) is 4.83. The van der Waals surface area contributed by atoms with Crippen LogP contribution in [0.15, 0.2) is 40.2 Å². The Bertz CT molecular complexity index is 623. The molecule has 0 radical (unpaired) electrons. The summed E-state index contributed by atoms with van der Waals surface area (Å²) in [6.07, 6.45) is 2.94. The SMILES string of the molecule is CCNCc1ccc(S(=O)(=O)NCc2ccon2)nc1. The van der Waals surface area contributed by atoms with Gasteiger partial charge in [0.25, 0.3) is 10.0 Å². The zero-order chi connectivity index (χ0) is 14.4. The quantitative estimate of drug-likeness (QED) is 0.779. The number of aromatic nitrogens is 2. The lowest BCUT2D eigenvalue weighted by molar-refractivity contribution is 0.411. The Morgan fingerprint density at radius 2 is 2.10 bits per heavy atom. The molecule has 2 aromatic heterocycles. The smallest absolute Gasteiger partial charge is 0.258 e. The third kappa shape index (κ3) is 3.86. The van der Waals surface area contributed by atoms with Gasteiger partial charge < -0.3 is 9.84 Å². The van der Waals surface area contributed by atoms with E-state index in [9.17, 15) is 8.42 Å². The minimum atomic E-state index is -3.64. The predicted octanol–water partition coefficient (Wildman–Crippen LogP) is 0.658. The standard InChI is InChI=1S/C12H16N4O3S/c1-2-13-7-10-3-4-12(14-8-10)20(17,18)15-9-11-5-6-19-16-11/h3-6,8,13,15H,2,7,9H2,1H3. The van der Waals surface area contributed by atoms with E-state index in [4.69, 9.17) is 0 Å². The normalized spacial score (nSPS) is 11.7. The number of rotatable bonds is 7. The van der Waals surface area contributed by atoms with Gasteiger partial charge in [0, 0.05) is 18.8 Å². The van der Waals surface area contributed by atoms with Crippen molar-refractivity contribution in [3.05, 3.63) is 41.9 Å². The highest BCUT2D eigenvalue weighted by atomic mass is 32.2. The second-order valence-corrected chi connectivity index (χ2v) is 5.81. The molecule has 0 unspecified atom stereocenters. The number of pyridine rings is 1. The van der Waals surface area contributed by atoms with Gasteiger partial charge in [0.15, 0.2) is 5.03 Å². The highest BCUT2D eigenvalue weighted by Crippen LogP contribution is 2.07. The van der Waals surface area contributed by atoms with E-state index in [1.54, 1.807) is 18.3 Å². The summed E-state index contributed by atoms with van der Waals surface area (Å²) < 4.78 is 31.1. The van der Waals surface area contributed by atoms with Crippen molar-refractivity contribution in [3.8, 4) is 0 Å². The number of nitrogens with one attached hydrogen (secondary N) is 2. The zero-order valence-corrected chi connectivity index (χ0v) is 11.9. The maximum atomic E-state index is 12.0. The summed E-state index contributed by atoms with van der Waals surface area (Å²) in [7, 11) is -3.64. The number of nitrogens with zero attached hydrogens (tertiary/aromatic N) is 2. The highest BCUT2D eigenvalue weighted by Gasteiger charge is 2.15. The Morgan fingerprint density at radius 3 is 2.70 bits per heavy atom. The molecule has 0 aliphatic rings. The van der Waals surface area contributed by atoms with E-state index in [0.29, 0.717) is 12.2 Å². The van der Waals surface area contributed by atoms with Crippen LogP contribution in [0.2, 0.25) is 0 Å². The van der Waals surface area contributed by atoms with Crippen LogP contribution < -0.4 is 10.0 Å². The average molecular weight is 296 g/mol. The third-order valence-corrected chi connectivity index (χ3v) is 3.90. The van der Waals surface area contributed by atoms with Gasteiger partial charge in [-0.2, -0.15) is 0 Å². The first-order chi connectivity index (χ1) is 9.62. The van der Waals surface area contributed by atoms with E-state index in [1.165, 1.54) is 12.3 Å². The lowest BCUT2D eigenvalue weighted by Gasteiger charge is -2.06. The molecule has 0 aliphatic heterocycles. The van der Waals surface area contributed by atoms with Gasteiger partial charge in [-0.25, -0.2) is 18.1 Å². The molecule has 0 saturated carbocycles. The van der Waals surface area contributed by atoms with Gasteiger partial charge in [0.2, 0.25) is 0 Å². The van der Waals surface area contributed by atoms with Crippen LogP contribution in [0.4, 0.5) is 0 Å². The second kappa shape index (κ2) is 6.60. The van der Waals surface area contributed by atoms with E-state index in [0.717, 1.165) is 12.1 Å². The van der Waals surface area contributed by atoms with Gasteiger partial charge in [-0.05, 0) is 18.2 Å². The lowest BCUT2D eigenvalue weighted by Crippen LogP contribution is -2.24. The fraction of sp³-hybridized carbons (Fsp3) is 0.333. The van der Waals surface area contributed by atoms with Crippen LogP contribution in [0.3, 0.4) is 0 Å². The van der Waals surface area contributed by atoms with E-state index < -0.39 is 10.0 Å². The first-order valence-electron chi connectivity index (χ1n) is 6.16. The molecular weight excluding hydrogens is 280 g/mol. The first kappa shape index (κ1) is 14.6. The molecule has 7 nitrogen and oxygen atoms in total. The van der Waals surface area contributed by atoms with Crippen LogP contribution in [0.5, 0.6) is 0 Å². The van der Waals surface area contributed by atoms with Crippen molar-refractivity contribution in [1.29, 1.82) is 0 Å². The van der Waals surface area contributed by atoms with E-state index in [2.05, 4.69) is 24.7 Å². The monoisotopic (exact) mass is 296 g/mol. The van der Waals surface area contributed by atoms with Crippen molar-refractivity contribution in [3.63, 3.8) is 0 Å². The molecule has 0 saturated heterocycles. The second-order valence-electron chi connectivity index (χ2n) is 4.10.